The second kappa shape index (κ2) is 5.78. The van der Waals surface area contributed by atoms with Crippen LogP contribution in [0, 0.1) is 5.92 Å². The predicted octanol–water partition coefficient (Wildman–Crippen LogP) is 2.57. The molecule has 94 valence electrons. The van der Waals surface area contributed by atoms with Crippen LogP contribution in [0.25, 0.3) is 0 Å². The van der Waals surface area contributed by atoms with E-state index in [1.807, 2.05) is 37.4 Å². The highest BCUT2D eigenvalue weighted by Gasteiger charge is 2.32. The van der Waals surface area contributed by atoms with Gasteiger partial charge in [0.15, 0.2) is 0 Å². The monoisotopic (exact) mass is 251 g/mol. The highest BCUT2D eigenvalue weighted by Crippen LogP contribution is 2.29. The van der Waals surface area contributed by atoms with Crippen LogP contribution in [-0.2, 0) is 10.8 Å². The Morgan fingerprint density at radius 1 is 1.24 bits per heavy atom. The first-order chi connectivity index (χ1) is 8.22. The third kappa shape index (κ3) is 2.96. The van der Waals surface area contributed by atoms with Crippen LogP contribution in [0.15, 0.2) is 35.2 Å². The van der Waals surface area contributed by atoms with Crippen LogP contribution in [0.3, 0.4) is 0 Å². The van der Waals surface area contributed by atoms with Gasteiger partial charge < -0.3 is 5.32 Å². The van der Waals surface area contributed by atoms with E-state index in [-0.39, 0.29) is 5.25 Å². The van der Waals surface area contributed by atoms with Crippen molar-refractivity contribution in [1.29, 1.82) is 0 Å². The van der Waals surface area contributed by atoms with E-state index in [0.717, 1.165) is 17.7 Å². The SMILES string of the molecule is CNC1CCC(C)CC1S(=O)c1ccccc1. The number of hydrogen-bond acceptors (Lipinski definition) is 2. The average molecular weight is 251 g/mol. The summed E-state index contributed by atoms with van der Waals surface area (Å²) in [5.74, 6) is 0.692. The van der Waals surface area contributed by atoms with Crippen molar-refractivity contribution >= 4 is 10.8 Å². The Bertz CT molecular complexity index is 379. The van der Waals surface area contributed by atoms with Crippen molar-refractivity contribution < 1.29 is 4.21 Å². The quantitative estimate of drug-likeness (QED) is 0.894. The van der Waals surface area contributed by atoms with Gasteiger partial charge in [-0.3, -0.25) is 4.21 Å². The van der Waals surface area contributed by atoms with Crippen LogP contribution in [0.1, 0.15) is 26.2 Å². The minimum absolute atomic E-state index is 0.256. The molecule has 1 aromatic carbocycles. The predicted molar refractivity (Wildman–Crippen MR) is 72.5 cm³/mol. The van der Waals surface area contributed by atoms with E-state index in [4.69, 9.17) is 0 Å². The molecule has 3 heteroatoms. The maximum Gasteiger partial charge on any atom is 0.0576 e. The summed E-state index contributed by atoms with van der Waals surface area (Å²) in [5.41, 5.74) is 0. The average Bonchev–Trinajstić information content (AvgIpc) is 2.39. The molecule has 1 aromatic rings. The Labute approximate surface area is 106 Å². The molecular weight excluding hydrogens is 230 g/mol. The van der Waals surface area contributed by atoms with Crippen LogP contribution >= 0.6 is 0 Å². The lowest BCUT2D eigenvalue weighted by molar-refractivity contribution is 0.325. The Hall–Kier alpha value is -0.670. The first-order valence-corrected chi connectivity index (χ1v) is 7.56. The third-order valence-corrected chi connectivity index (χ3v) is 5.48. The van der Waals surface area contributed by atoms with E-state index >= 15 is 0 Å². The van der Waals surface area contributed by atoms with E-state index < -0.39 is 10.8 Å². The summed E-state index contributed by atoms with van der Waals surface area (Å²) in [7, 11) is 1.10. The molecular formula is C14H21NOS. The molecule has 17 heavy (non-hydrogen) atoms. The molecule has 1 N–H and O–H groups in total. The van der Waals surface area contributed by atoms with E-state index in [9.17, 15) is 4.21 Å². The van der Waals surface area contributed by atoms with Gasteiger partial charge in [-0.15, -0.1) is 0 Å². The summed E-state index contributed by atoms with van der Waals surface area (Å²) < 4.78 is 12.6. The third-order valence-electron chi connectivity index (χ3n) is 3.68. The van der Waals surface area contributed by atoms with Gasteiger partial charge in [0.05, 0.1) is 16.0 Å². The summed E-state index contributed by atoms with van der Waals surface area (Å²) in [6.45, 7) is 2.26. The maximum atomic E-state index is 12.6. The lowest BCUT2D eigenvalue weighted by atomic mass is 9.87. The van der Waals surface area contributed by atoms with E-state index in [1.165, 1.54) is 6.42 Å². The Balaban J connectivity index is 2.16. The van der Waals surface area contributed by atoms with Crippen molar-refractivity contribution in [3.8, 4) is 0 Å². The van der Waals surface area contributed by atoms with E-state index in [0.29, 0.717) is 12.0 Å². The molecule has 1 aliphatic rings. The van der Waals surface area contributed by atoms with Crippen molar-refractivity contribution in [2.45, 2.75) is 42.4 Å². The van der Waals surface area contributed by atoms with Gasteiger partial charge in [-0.2, -0.15) is 0 Å². The molecule has 0 heterocycles. The maximum absolute atomic E-state index is 12.6. The van der Waals surface area contributed by atoms with E-state index in [1.54, 1.807) is 0 Å². The standard InChI is InChI=1S/C14H21NOS/c1-11-8-9-13(15-2)14(10-11)17(16)12-6-4-3-5-7-12/h3-7,11,13-15H,8-10H2,1-2H3. The van der Waals surface area contributed by atoms with Gasteiger partial charge in [0.2, 0.25) is 0 Å². The molecule has 0 saturated heterocycles. The Kier molecular flexibility index (Phi) is 4.35. The summed E-state index contributed by atoms with van der Waals surface area (Å²) in [6.07, 6.45) is 3.45. The van der Waals surface area contributed by atoms with Gasteiger partial charge in [0.1, 0.15) is 0 Å². The van der Waals surface area contributed by atoms with Gasteiger partial charge >= 0.3 is 0 Å². The Morgan fingerprint density at radius 2 is 1.94 bits per heavy atom. The van der Waals surface area contributed by atoms with E-state index in [2.05, 4.69) is 12.2 Å². The zero-order valence-corrected chi connectivity index (χ0v) is 11.4. The molecule has 4 unspecified atom stereocenters. The fourth-order valence-corrected chi connectivity index (χ4v) is 4.47. The fraction of sp³-hybridized carbons (Fsp3) is 0.571. The van der Waals surface area contributed by atoms with Gasteiger partial charge in [-0.1, -0.05) is 25.1 Å². The normalized spacial score (nSPS) is 31.1. The molecule has 2 nitrogen and oxygen atoms in total. The zero-order valence-electron chi connectivity index (χ0n) is 10.6. The second-order valence-electron chi connectivity index (χ2n) is 4.96. The fourth-order valence-electron chi connectivity index (χ4n) is 2.62. The molecule has 1 aliphatic carbocycles. The summed E-state index contributed by atoms with van der Waals surface area (Å²) in [4.78, 5) is 0.965. The van der Waals surface area contributed by atoms with Crippen molar-refractivity contribution in [2.75, 3.05) is 7.05 Å². The van der Waals surface area contributed by atoms with Gasteiger partial charge in [-0.25, -0.2) is 0 Å². The largest absolute Gasteiger partial charge is 0.316 e. The topological polar surface area (TPSA) is 29.1 Å². The van der Waals surface area contributed by atoms with Crippen LogP contribution < -0.4 is 5.32 Å². The summed E-state index contributed by atoms with van der Waals surface area (Å²) in [6, 6.07) is 10.2. The van der Waals surface area contributed by atoms with Crippen molar-refractivity contribution in [3.05, 3.63) is 30.3 Å². The minimum Gasteiger partial charge on any atom is -0.316 e. The van der Waals surface area contributed by atoms with Crippen LogP contribution in [0.5, 0.6) is 0 Å². The highest BCUT2D eigenvalue weighted by molar-refractivity contribution is 7.85. The van der Waals surface area contributed by atoms with Gasteiger partial charge in [0.25, 0.3) is 0 Å². The lowest BCUT2D eigenvalue weighted by Crippen LogP contribution is -2.44. The van der Waals surface area contributed by atoms with Crippen molar-refractivity contribution in [3.63, 3.8) is 0 Å². The number of benzene rings is 1. The molecule has 1 fully saturated rings. The first-order valence-electron chi connectivity index (χ1n) is 6.35. The second-order valence-corrected chi connectivity index (χ2v) is 6.63. The first kappa shape index (κ1) is 12.8. The lowest BCUT2D eigenvalue weighted by Gasteiger charge is -2.34. The molecule has 0 radical (unpaired) electrons. The molecule has 2 rings (SSSR count). The molecule has 1 saturated carbocycles. The number of nitrogens with one attached hydrogen (secondary N) is 1. The van der Waals surface area contributed by atoms with Crippen molar-refractivity contribution in [1.82, 2.24) is 5.32 Å². The molecule has 0 aromatic heterocycles. The van der Waals surface area contributed by atoms with Crippen LogP contribution in [-0.4, -0.2) is 22.5 Å². The van der Waals surface area contributed by atoms with Crippen LogP contribution in [0.2, 0.25) is 0 Å². The molecule has 0 amide bonds. The minimum atomic E-state index is -0.883. The number of hydrogen-bond donors (Lipinski definition) is 1. The summed E-state index contributed by atoms with van der Waals surface area (Å²) >= 11 is 0. The van der Waals surface area contributed by atoms with Gasteiger partial charge in [-0.05, 0) is 44.4 Å². The Morgan fingerprint density at radius 3 is 2.59 bits per heavy atom. The smallest absolute Gasteiger partial charge is 0.0576 e. The number of rotatable bonds is 3. The molecule has 0 spiro atoms. The molecule has 0 aliphatic heterocycles. The summed E-state index contributed by atoms with van der Waals surface area (Å²) in [5, 5.41) is 3.59. The van der Waals surface area contributed by atoms with Gasteiger partial charge in [0, 0.05) is 10.9 Å². The molecule has 0 bridgehead atoms. The van der Waals surface area contributed by atoms with Crippen LogP contribution in [0.4, 0.5) is 0 Å². The highest BCUT2D eigenvalue weighted by atomic mass is 32.2. The molecule has 4 atom stereocenters. The zero-order chi connectivity index (χ0) is 12.3. The van der Waals surface area contributed by atoms with Crippen molar-refractivity contribution in [2.24, 2.45) is 5.92 Å².